The van der Waals surface area contributed by atoms with Crippen molar-refractivity contribution in [2.45, 2.75) is 12.5 Å². The van der Waals surface area contributed by atoms with Gasteiger partial charge in [0.1, 0.15) is 0 Å². The van der Waals surface area contributed by atoms with Crippen LogP contribution in [0.1, 0.15) is 17.2 Å². The molecule has 22 heavy (non-hydrogen) atoms. The SMILES string of the molecule is CN1CCN(C(=O)Cc2ccccc2)CC1c1ccccc1. The van der Waals surface area contributed by atoms with Gasteiger partial charge < -0.3 is 4.90 Å². The normalized spacial score (nSPS) is 19.1. The topological polar surface area (TPSA) is 23.6 Å². The van der Waals surface area contributed by atoms with E-state index in [2.05, 4.69) is 36.2 Å². The molecule has 1 fully saturated rings. The first-order valence-corrected chi connectivity index (χ1v) is 7.81. The molecule has 3 heteroatoms. The lowest BCUT2D eigenvalue weighted by Gasteiger charge is -2.39. The highest BCUT2D eigenvalue weighted by Gasteiger charge is 2.28. The van der Waals surface area contributed by atoms with Crippen molar-refractivity contribution in [1.29, 1.82) is 0 Å². The van der Waals surface area contributed by atoms with E-state index in [-0.39, 0.29) is 11.9 Å². The lowest BCUT2D eigenvalue weighted by atomic mass is 10.0. The third kappa shape index (κ3) is 3.37. The molecule has 1 amide bonds. The molecular formula is C19H22N2O. The number of benzene rings is 2. The molecule has 0 N–H and O–H groups in total. The van der Waals surface area contributed by atoms with Crippen LogP contribution in [0, 0.1) is 0 Å². The predicted molar refractivity (Wildman–Crippen MR) is 88.5 cm³/mol. The lowest BCUT2D eigenvalue weighted by Crippen LogP contribution is -2.49. The third-order valence-corrected chi connectivity index (χ3v) is 4.38. The second-order valence-corrected chi connectivity index (χ2v) is 5.91. The molecule has 3 rings (SSSR count). The van der Waals surface area contributed by atoms with Crippen LogP contribution in [0.3, 0.4) is 0 Å². The fraction of sp³-hybridized carbons (Fsp3) is 0.316. The molecule has 1 unspecified atom stereocenters. The van der Waals surface area contributed by atoms with Gasteiger partial charge in [0.25, 0.3) is 0 Å². The molecule has 0 bridgehead atoms. The predicted octanol–water partition coefficient (Wildman–Crippen LogP) is 2.74. The average Bonchev–Trinajstić information content (AvgIpc) is 2.57. The van der Waals surface area contributed by atoms with Crippen molar-refractivity contribution in [2.24, 2.45) is 0 Å². The summed E-state index contributed by atoms with van der Waals surface area (Å²) < 4.78 is 0. The Hall–Kier alpha value is -2.13. The number of piperazine rings is 1. The molecule has 0 saturated carbocycles. The minimum absolute atomic E-state index is 0.222. The first-order chi connectivity index (χ1) is 10.7. The zero-order valence-electron chi connectivity index (χ0n) is 13.0. The van der Waals surface area contributed by atoms with Gasteiger partial charge in [0.15, 0.2) is 0 Å². The largest absolute Gasteiger partial charge is 0.339 e. The molecule has 0 radical (unpaired) electrons. The zero-order chi connectivity index (χ0) is 15.4. The minimum Gasteiger partial charge on any atom is -0.339 e. The molecule has 114 valence electrons. The van der Waals surface area contributed by atoms with Crippen LogP contribution in [0.2, 0.25) is 0 Å². The van der Waals surface area contributed by atoms with Crippen LogP contribution in [-0.2, 0) is 11.2 Å². The Morgan fingerprint density at radius 1 is 1.00 bits per heavy atom. The summed E-state index contributed by atoms with van der Waals surface area (Å²) in [7, 11) is 2.14. The van der Waals surface area contributed by atoms with Crippen LogP contribution in [0.4, 0.5) is 0 Å². The summed E-state index contributed by atoms with van der Waals surface area (Å²) in [6, 6.07) is 20.7. The van der Waals surface area contributed by atoms with E-state index < -0.39 is 0 Å². The Morgan fingerprint density at radius 2 is 1.64 bits per heavy atom. The van der Waals surface area contributed by atoms with Crippen molar-refractivity contribution in [3.63, 3.8) is 0 Å². The number of amides is 1. The Kier molecular flexibility index (Phi) is 4.54. The number of nitrogens with zero attached hydrogens (tertiary/aromatic N) is 2. The molecule has 1 aliphatic rings. The molecule has 1 saturated heterocycles. The average molecular weight is 294 g/mol. The first kappa shape index (κ1) is 14.8. The van der Waals surface area contributed by atoms with E-state index in [0.717, 1.165) is 25.2 Å². The second kappa shape index (κ2) is 6.75. The van der Waals surface area contributed by atoms with Gasteiger partial charge in [-0.15, -0.1) is 0 Å². The summed E-state index contributed by atoms with van der Waals surface area (Å²) in [5.74, 6) is 0.222. The number of hydrogen-bond acceptors (Lipinski definition) is 2. The summed E-state index contributed by atoms with van der Waals surface area (Å²) in [5, 5.41) is 0. The molecule has 2 aromatic carbocycles. The van der Waals surface area contributed by atoms with E-state index in [4.69, 9.17) is 0 Å². The summed E-state index contributed by atoms with van der Waals surface area (Å²) in [6.45, 7) is 2.50. The summed E-state index contributed by atoms with van der Waals surface area (Å²) in [4.78, 5) is 16.9. The molecule has 3 nitrogen and oxygen atoms in total. The van der Waals surface area contributed by atoms with Crippen LogP contribution < -0.4 is 0 Å². The van der Waals surface area contributed by atoms with Crippen molar-refractivity contribution in [1.82, 2.24) is 9.80 Å². The highest BCUT2D eigenvalue weighted by atomic mass is 16.2. The molecule has 0 spiro atoms. The fourth-order valence-electron chi connectivity index (χ4n) is 3.02. The minimum atomic E-state index is 0.222. The Bertz CT molecular complexity index is 612. The summed E-state index contributed by atoms with van der Waals surface area (Å²) >= 11 is 0. The van der Waals surface area contributed by atoms with Gasteiger partial charge in [-0.2, -0.15) is 0 Å². The molecule has 2 aromatic rings. The maximum atomic E-state index is 12.6. The molecule has 1 heterocycles. The van der Waals surface area contributed by atoms with Crippen molar-refractivity contribution in [3.8, 4) is 0 Å². The number of rotatable bonds is 3. The monoisotopic (exact) mass is 294 g/mol. The maximum Gasteiger partial charge on any atom is 0.227 e. The van der Waals surface area contributed by atoms with Crippen molar-refractivity contribution in [2.75, 3.05) is 26.7 Å². The lowest BCUT2D eigenvalue weighted by molar-refractivity contribution is -0.133. The molecule has 1 aliphatic heterocycles. The van der Waals surface area contributed by atoms with Crippen molar-refractivity contribution >= 4 is 5.91 Å². The van der Waals surface area contributed by atoms with E-state index >= 15 is 0 Å². The standard InChI is InChI=1S/C19H22N2O/c1-20-12-13-21(15-18(20)17-10-6-3-7-11-17)19(22)14-16-8-4-2-5-9-16/h2-11,18H,12-15H2,1H3. The molecule has 0 aromatic heterocycles. The highest BCUT2D eigenvalue weighted by Crippen LogP contribution is 2.24. The quantitative estimate of drug-likeness (QED) is 0.869. The second-order valence-electron chi connectivity index (χ2n) is 5.91. The summed E-state index contributed by atoms with van der Waals surface area (Å²) in [5.41, 5.74) is 2.37. The van der Waals surface area contributed by atoms with Gasteiger partial charge in [0.2, 0.25) is 5.91 Å². The van der Waals surface area contributed by atoms with Crippen LogP contribution in [0.5, 0.6) is 0 Å². The van der Waals surface area contributed by atoms with Gasteiger partial charge in [-0.25, -0.2) is 0 Å². The van der Waals surface area contributed by atoms with Crippen molar-refractivity contribution in [3.05, 3.63) is 71.8 Å². The van der Waals surface area contributed by atoms with Crippen LogP contribution >= 0.6 is 0 Å². The van der Waals surface area contributed by atoms with Gasteiger partial charge in [0.05, 0.1) is 12.5 Å². The van der Waals surface area contributed by atoms with E-state index in [0.29, 0.717) is 6.42 Å². The molecule has 1 atom stereocenters. The van der Waals surface area contributed by atoms with E-state index in [9.17, 15) is 4.79 Å². The maximum absolute atomic E-state index is 12.6. The Morgan fingerprint density at radius 3 is 2.32 bits per heavy atom. The fourth-order valence-corrected chi connectivity index (χ4v) is 3.02. The van der Waals surface area contributed by atoms with Crippen molar-refractivity contribution < 1.29 is 4.79 Å². The van der Waals surface area contributed by atoms with E-state index in [1.54, 1.807) is 0 Å². The third-order valence-electron chi connectivity index (χ3n) is 4.38. The van der Waals surface area contributed by atoms with E-state index in [1.807, 2.05) is 41.3 Å². The number of carbonyl (C=O) groups is 1. The number of likely N-dealkylation sites (N-methyl/N-ethyl adjacent to an activating group) is 1. The molecular weight excluding hydrogens is 272 g/mol. The highest BCUT2D eigenvalue weighted by molar-refractivity contribution is 5.79. The van der Waals surface area contributed by atoms with Gasteiger partial charge in [0, 0.05) is 19.6 Å². The zero-order valence-corrected chi connectivity index (χ0v) is 13.0. The van der Waals surface area contributed by atoms with Gasteiger partial charge in [-0.1, -0.05) is 60.7 Å². The molecule has 0 aliphatic carbocycles. The number of hydrogen-bond donors (Lipinski definition) is 0. The smallest absolute Gasteiger partial charge is 0.227 e. The van der Waals surface area contributed by atoms with E-state index in [1.165, 1.54) is 5.56 Å². The van der Waals surface area contributed by atoms with Crippen LogP contribution in [0.15, 0.2) is 60.7 Å². The van der Waals surface area contributed by atoms with Gasteiger partial charge in [-0.3, -0.25) is 9.69 Å². The van der Waals surface area contributed by atoms with Crippen LogP contribution in [0.25, 0.3) is 0 Å². The summed E-state index contributed by atoms with van der Waals surface area (Å²) in [6.07, 6.45) is 0.492. The number of carbonyl (C=O) groups excluding carboxylic acids is 1. The Labute approximate surface area is 132 Å². The Balaban J connectivity index is 1.69. The first-order valence-electron chi connectivity index (χ1n) is 7.81. The van der Waals surface area contributed by atoms with Gasteiger partial charge in [-0.05, 0) is 18.2 Å². The van der Waals surface area contributed by atoms with Crippen LogP contribution in [-0.4, -0.2) is 42.4 Å². The van der Waals surface area contributed by atoms with Gasteiger partial charge >= 0.3 is 0 Å².